The van der Waals surface area contributed by atoms with Crippen LogP contribution in [0.5, 0.6) is 5.75 Å². The Morgan fingerprint density at radius 3 is 3.00 bits per heavy atom. The quantitative estimate of drug-likeness (QED) is 0.866. The first-order chi connectivity index (χ1) is 9.56. The normalized spacial score (nSPS) is 11.9. The lowest BCUT2D eigenvalue weighted by Gasteiger charge is -2.15. The van der Waals surface area contributed by atoms with E-state index in [-0.39, 0.29) is 12.5 Å². The maximum atomic E-state index is 11.9. The molecule has 0 aliphatic rings. The Morgan fingerprint density at radius 2 is 2.35 bits per heavy atom. The van der Waals surface area contributed by atoms with Crippen LogP contribution in [0.15, 0.2) is 18.2 Å². The number of aryl methyl sites for hydroxylation is 1. The first-order valence-electron chi connectivity index (χ1n) is 5.99. The molecule has 106 valence electrons. The highest BCUT2D eigenvalue weighted by Gasteiger charge is 2.16. The highest BCUT2D eigenvalue weighted by Crippen LogP contribution is 2.22. The van der Waals surface area contributed by atoms with E-state index in [1.54, 1.807) is 25.1 Å². The Bertz CT molecular complexity index is 588. The lowest BCUT2D eigenvalue weighted by atomic mass is 10.2. The third-order valence-electron chi connectivity index (χ3n) is 2.62. The minimum atomic E-state index is -0.637. The van der Waals surface area contributed by atoms with Gasteiger partial charge in [0.1, 0.15) is 5.75 Å². The van der Waals surface area contributed by atoms with Crippen molar-refractivity contribution in [1.82, 2.24) is 25.9 Å². The average molecular weight is 296 g/mol. The maximum absolute atomic E-state index is 11.9. The van der Waals surface area contributed by atoms with E-state index >= 15 is 0 Å². The number of hydrogen-bond acceptors (Lipinski definition) is 5. The van der Waals surface area contributed by atoms with Crippen molar-refractivity contribution in [3.63, 3.8) is 0 Å². The van der Waals surface area contributed by atoms with Gasteiger partial charge in [0.2, 0.25) is 0 Å². The number of carbonyl (C=O) groups is 1. The van der Waals surface area contributed by atoms with E-state index in [0.29, 0.717) is 16.6 Å². The average Bonchev–Trinajstić information content (AvgIpc) is 2.92. The van der Waals surface area contributed by atoms with Crippen LogP contribution in [0.25, 0.3) is 0 Å². The van der Waals surface area contributed by atoms with Crippen LogP contribution in [0.2, 0.25) is 5.02 Å². The fourth-order valence-corrected chi connectivity index (χ4v) is 1.78. The monoisotopic (exact) mass is 295 g/mol. The van der Waals surface area contributed by atoms with Crippen LogP contribution in [-0.4, -0.2) is 32.6 Å². The summed E-state index contributed by atoms with van der Waals surface area (Å²) in [5.41, 5.74) is 0.871. The number of nitrogens with zero attached hydrogens (tertiary/aromatic N) is 3. The Balaban J connectivity index is 1.90. The molecule has 1 amide bonds. The van der Waals surface area contributed by atoms with Crippen LogP contribution < -0.4 is 10.1 Å². The largest absolute Gasteiger partial charge is 0.481 e. The Kier molecular flexibility index (Phi) is 4.52. The molecule has 1 aromatic heterocycles. The molecule has 2 N–H and O–H groups in total. The van der Waals surface area contributed by atoms with E-state index in [2.05, 4.69) is 25.9 Å². The van der Waals surface area contributed by atoms with Gasteiger partial charge in [-0.3, -0.25) is 4.79 Å². The highest BCUT2D eigenvalue weighted by atomic mass is 35.5. The summed E-state index contributed by atoms with van der Waals surface area (Å²) in [4.78, 5) is 11.9. The van der Waals surface area contributed by atoms with Crippen molar-refractivity contribution in [2.45, 2.75) is 26.5 Å². The van der Waals surface area contributed by atoms with Crippen molar-refractivity contribution < 1.29 is 9.53 Å². The van der Waals surface area contributed by atoms with Gasteiger partial charge in [-0.25, -0.2) is 0 Å². The molecule has 0 saturated carbocycles. The van der Waals surface area contributed by atoms with Crippen LogP contribution >= 0.6 is 11.6 Å². The van der Waals surface area contributed by atoms with Gasteiger partial charge in [0.05, 0.1) is 6.54 Å². The van der Waals surface area contributed by atoms with Crippen LogP contribution in [0.4, 0.5) is 0 Å². The van der Waals surface area contributed by atoms with Crippen molar-refractivity contribution in [2.75, 3.05) is 0 Å². The molecular weight excluding hydrogens is 282 g/mol. The second-order valence-electron chi connectivity index (χ2n) is 4.22. The number of carbonyl (C=O) groups excluding carboxylic acids is 1. The predicted octanol–water partition coefficient (Wildman–Crippen LogP) is 1.25. The molecule has 1 heterocycles. The molecule has 1 unspecified atom stereocenters. The molecule has 7 nitrogen and oxygen atoms in total. The molecule has 0 saturated heterocycles. The summed E-state index contributed by atoms with van der Waals surface area (Å²) in [6, 6.07) is 5.23. The first-order valence-corrected chi connectivity index (χ1v) is 6.37. The van der Waals surface area contributed by atoms with Gasteiger partial charge in [-0.15, -0.1) is 10.2 Å². The summed E-state index contributed by atoms with van der Waals surface area (Å²) >= 11 is 5.87. The summed E-state index contributed by atoms with van der Waals surface area (Å²) < 4.78 is 5.60. The zero-order valence-corrected chi connectivity index (χ0v) is 11.8. The number of aromatic amines is 1. The number of rotatable bonds is 5. The van der Waals surface area contributed by atoms with Gasteiger partial charge in [-0.05, 0) is 37.6 Å². The Hall–Kier alpha value is -2.15. The third kappa shape index (κ3) is 3.67. The van der Waals surface area contributed by atoms with Crippen LogP contribution in [0, 0.1) is 6.92 Å². The molecule has 0 radical (unpaired) electrons. The van der Waals surface area contributed by atoms with E-state index in [1.165, 1.54) is 0 Å². The smallest absolute Gasteiger partial charge is 0.261 e. The molecule has 1 aromatic carbocycles. The molecule has 0 aliphatic heterocycles. The van der Waals surface area contributed by atoms with E-state index in [0.717, 1.165) is 5.56 Å². The van der Waals surface area contributed by atoms with Gasteiger partial charge in [-0.1, -0.05) is 16.8 Å². The molecule has 20 heavy (non-hydrogen) atoms. The minimum Gasteiger partial charge on any atom is -0.481 e. The predicted molar refractivity (Wildman–Crippen MR) is 72.3 cm³/mol. The second-order valence-corrected chi connectivity index (χ2v) is 4.65. The molecular formula is C12H14ClN5O2. The number of amides is 1. The van der Waals surface area contributed by atoms with Crippen molar-refractivity contribution >= 4 is 17.5 Å². The number of H-pyrrole nitrogens is 1. The summed E-state index contributed by atoms with van der Waals surface area (Å²) in [6.07, 6.45) is -0.637. The SMILES string of the molecule is Cc1cc(Cl)ccc1OC(C)C(=O)NCc1nn[nH]n1. The number of aromatic nitrogens is 4. The van der Waals surface area contributed by atoms with Gasteiger partial charge >= 0.3 is 0 Å². The molecule has 1 atom stereocenters. The number of halogens is 1. The van der Waals surface area contributed by atoms with Gasteiger partial charge in [0.15, 0.2) is 11.9 Å². The first kappa shape index (κ1) is 14.3. The molecule has 0 aliphatic carbocycles. The maximum Gasteiger partial charge on any atom is 0.261 e. The van der Waals surface area contributed by atoms with E-state index in [4.69, 9.17) is 16.3 Å². The van der Waals surface area contributed by atoms with Crippen LogP contribution in [0.1, 0.15) is 18.3 Å². The summed E-state index contributed by atoms with van der Waals surface area (Å²) in [6.45, 7) is 3.73. The number of nitrogens with one attached hydrogen (secondary N) is 2. The lowest BCUT2D eigenvalue weighted by molar-refractivity contribution is -0.127. The highest BCUT2D eigenvalue weighted by molar-refractivity contribution is 6.30. The Labute approximate surface area is 120 Å². The van der Waals surface area contributed by atoms with Crippen molar-refractivity contribution in [1.29, 1.82) is 0 Å². The van der Waals surface area contributed by atoms with Gasteiger partial charge in [0.25, 0.3) is 5.91 Å². The van der Waals surface area contributed by atoms with Crippen molar-refractivity contribution in [3.8, 4) is 5.75 Å². The van der Waals surface area contributed by atoms with Gasteiger partial charge < -0.3 is 10.1 Å². The Morgan fingerprint density at radius 1 is 1.55 bits per heavy atom. The standard InChI is InChI=1S/C12H14ClN5O2/c1-7-5-9(13)3-4-10(7)20-8(2)12(19)14-6-11-15-17-18-16-11/h3-5,8H,6H2,1-2H3,(H,14,19)(H,15,16,17,18). The van der Waals surface area contributed by atoms with E-state index in [1.807, 2.05) is 6.92 Å². The molecule has 8 heteroatoms. The number of ether oxygens (including phenoxy) is 1. The van der Waals surface area contributed by atoms with E-state index in [9.17, 15) is 4.79 Å². The van der Waals surface area contributed by atoms with Crippen LogP contribution in [-0.2, 0) is 11.3 Å². The summed E-state index contributed by atoms with van der Waals surface area (Å²) in [5.74, 6) is 0.772. The van der Waals surface area contributed by atoms with Crippen LogP contribution in [0.3, 0.4) is 0 Å². The zero-order valence-electron chi connectivity index (χ0n) is 11.1. The van der Waals surface area contributed by atoms with Crippen molar-refractivity contribution in [3.05, 3.63) is 34.6 Å². The molecule has 2 aromatic rings. The third-order valence-corrected chi connectivity index (χ3v) is 2.85. The lowest BCUT2D eigenvalue weighted by Crippen LogP contribution is -2.36. The zero-order chi connectivity index (χ0) is 14.5. The molecule has 0 fully saturated rings. The van der Waals surface area contributed by atoms with E-state index < -0.39 is 6.10 Å². The number of hydrogen-bond donors (Lipinski definition) is 2. The fourth-order valence-electron chi connectivity index (χ4n) is 1.56. The second kappa shape index (κ2) is 6.33. The van der Waals surface area contributed by atoms with Crippen molar-refractivity contribution in [2.24, 2.45) is 0 Å². The van der Waals surface area contributed by atoms with Gasteiger partial charge in [-0.2, -0.15) is 5.21 Å². The molecule has 0 spiro atoms. The minimum absolute atomic E-state index is 0.197. The number of benzene rings is 1. The molecule has 2 rings (SSSR count). The summed E-state index contributed by atoms with van der Waals surface area (Å²) in [7, 11) is 0. The fraction of sp³-hybridized carbons (Fsp3) is 0.333. The summed E-state index contributed by atoms with van der Waals surface area (Å²) in [5, 5.41) is 16.5. The van der Waals surface area contributed by atoms with Gasteiger partial charge in [0, 0.05) is 5.02 Å². The topological polar surface area (TPSA) is 92.8 Å². The molecule has 0 bridgehead atoms. The number of tetrazole rings is 1.